The zero-order valence-corrected chi connectivity index (χ0v) is 22.2. The van der Waals surface area contributed by atoms with E-state index in [1.807, 2.05) is 85.8 Å². The Balaban J connectivity index is 1.83. The van der Waals surface area contributed by atoms with E-state index in [0.29, 0.717) is 30.3 Å². The molecule has 1 N–H and O–H groups in total. The maximum atomic E-state index is 13.5. The van der Waals surface area contributed by atoms with Crippen LogP contribution in [0.25, 0.3) is 0 Å². The van der Waals surface area contributed by atoms with Gasteiger partial charge in [0, 0.05) is 34.8 Å². The van der Waals surface area contributed by atoms with E-state index in [0.717, 1.165) is 21.2 Å². The Bertz CT molecular complexity index is 1100. The Kier molecular flexibility index (Phi) is 10.5. The van der Waals surface area contributed by atoms with E-state index in [9.17, 15) is 9.59 Å². The van der Waals surface area contributed by atoms with Gasteiger partial charge in [0.05, 0.1) is 5.75 Å². The second-order valence-electron chi connectivity index (χ2n) is 7.84. The van der Waals surface area contributed by atoms with Crippen molar-refractivity contribution in [3.63, 3.8) is 0 Å². The number of hydrogen-bond acceptors (Lipinski definition) is 3. The summed E-state index contributed by atoms with van der Waals surface area (Å²) in [6, 6.07) is 24.7. The van der Waals surface area contributed by atoms with E-state index < -0.39 is 6.04 Å². The number of halogens is 2. The highest BCUT2D eigenvalue weighted by molar-refractivity contribution is 9.10. The van der Waals surface area contributed by atoms with Crippen LogP contribution in [0.15, 0.2) is 83.3 Å². The molecule has 0 saturated carbocycles. The van der Waals surface area contributed by atoms with Crippen LogP contribution in [0.5, 0.6) is 0 Å². The molecular weight excluding hydrogens is 532 g/mol. The van der Waals surface area contributed by atoms with E-state index in [2.05, 4.69) is 21.2 Å². The predicted molar refractivity (Wildman–Crippen MR) is 145 cm³/mol. The molecule has 34 heavy (non-hydrogen) atoms. The van der Waals surface area contributed by atoms with E-state index in [1.54, 1.807) is 4.90 Å². The van der Waals surface area contributed by atoms with Crippen LogP contribution in [0.2, 0.25) is 5.02 Å². The molecule has 0 heterocycles. The lowest BCUT2D eigenvalue weighted by atomic mass is 10.0. The normalized spacial score (nSPS) is 11.6. The van der Waals surface area contributed by atoms with Gasteiger partial charge in [-0.15, -0.1) is 11.8 Å². The number of amides is 2. The number of nitrogens with one attached hydrogen (secondary N) is 1. The summed E-state index contributed by atoms with van der Waals surface area (Å²) in [7, 11) is 0. The molecule has 0 aliphatic carbocycles. The molecule has 0 aliphatic rings. The molecule has 4 nitrogen and oxygen atoms in total. The summed E-state index contributed by atoms with van der Waals surface area (Å²) in [6.45, 7) is 2.74. The zero-order valence-electron chi connectivity index (χ0n) is 19.0. The molecule has 0 fully saturated rings. The van der Waals surface area contributed by atoms with E-state index >= 15 is 0 Å². The molecule has 0 radical (unpaired) electrons. The summed E-state index contributed by atoms with van der Waals surface area (Å²) in [4.78, 5) is 28.4. The fourth-order valence-corrected chi connectivity index (χ4v) is 5.27. The van der Waals surface area contributed by atoms with Crippen molar-refractivity contribution in [2.75, 3.05) is 12.3 Å². The number of nitrogens with zero attached hydrogens (tertiary/aromatic N) is 1. The predicted octanol–water partition coefficient (Wildman–Crippen LogP) is 6.11. The third-order valence-electron chi connectivity index (χ3n) is 5.30. The van der Waals surface area contributed by atoms with Crippen LogP contribution in [-0.4, -0.2) is 35.1 Å². The molecular formula is C27H28BrClN2O2S. The van der Waals surface area contributed by atoms with Crippen molar-refractivity contribution in [3.8, 4) is 0 Å². The first kappa shape index (κ1) is 26.3. The van der Waals surface area contributed by atoms with Crippen molar-refractivity contribution in [1.82, 2.24) is 10.2 Å². The molecule has 1 atom stereocenters. The van der Waals surface area contributed by atoms with Gasteiger partial charge in [0.25, 0.3) is 0 Å². The zero-order chi connectivity index (χ0) is 24.3. The Morgan fingerprint density at radius 2 is 1.71 bits per heavy atom. The minimum Gasteiger partial charge on any atom is -0.355 e. The number of likely N-dealkylation sites (N-methyl/N-ethyl adjacent to an activating group) is 1. The van der Waals surface area contributed by atoms with Gasteiger partial charge in [-0.2, -0.15) is 0 Å². The lowest BCUT2D eigenvalue weighted by Gasteiger charge is -2.31. The first-order chi connectivity index (χ1) is 16.5. The van der Waals surface area contributed by atoms with Crippen LogP contribution in [0.3, 0.4) is 0 Å². The maximum absolute atomic E-state index is 13.5. The van der Waals surface area contributed by atoms with Gasteiger partial charge in [0.1, 0.15) is 6.04 Å². The minimum absolute atomic E-state index is 0.0794. The maximum Gasteiger partial charge on any atom is 0.243 e. The Labute approximate surface area is 219 Å². The molecule has 0 unspecified atom stereocenters. The summed E-state index contributed by atoms with van der Waals surface area (Å²) in [5.41, 5.74) is 2.96. The highest BCUT2D eigenvalue weighted by atomic mass is 79.9. The van der Waals surface area contributed by atoms with Crippen molar-refractivity contribution in [2.24, 2.45) is 0 Å². The largest absolute Gasteiger partial charge is 0.355 e. The number of carbonyl (C=O) groups excluding carboxylic acids is 2. The minimum atomic E-state index is -0.616. The van der Waals surface area contributed by atoms with Crippen molar-refractivity contribution < 1.29 is 9.59 Å². The van der Waals surface area contributed by atoms with Gasteiger partial charge in [0.2, 0.25) is 11.8 Å². The first-order valence-corrected chi connectivity index (χ1v) is 13.5. The van der Waals surface area contributed by atoms with Crippen LogP contribution in [-0.2, 0) is 28.3 Å². The highest BCUT2D eigenvalue weighted by Crippen LogP contribution is 2.23. The number of benzene rings is 3. The Morgan fingerprint density at radius 1 is 1.00 bits per heavy atom. The summed E-state index contributed by atoms with van der Waals surface area (Å²) in [5.74, 6) is 0.653. The number of carbonyl (C=O) groups is 2. The average molecular weight is 560 g/mol. The SMILES string of the molecule is CCNC(=O)[C@H](Cc1ccccc1)N(Cc1cccc(Br)c1)C(=O)CSCc1ccccc1Cl. The van der Waals surface area contributed by atoms with Gasteiger partial charge in [-0.25, -0.2) is 0 Å². The van der Waals surface area contributed by atoms with Gasteiger partial charge < -0.3 is 10.2 Å². The third kappa shape index (κ3) is 7.90. The quantitative estimate of drug-likeness (QED) is 0.308. The molecule has 0 aromatic heterocycles. The summed E-state index contributed by atoms with van der Waals surface area (Å²) in [5, 5.41) is 3.61. The molecule has 0 aliphatic heterocycles. The Hall–Kier alpha value is -2.28. The molecule has 0 saturated heterocycles. The standard InChI is InChI=1S/C27H28BrClN2O2S/c1-2-30-27(33)25(16-20-9-4-3-5-10-20)31(17-21-11-8-13-23(28)15-21)26(32)19-34-18-22-12-6-7-14-24(22)29/h3-15,25H,2,16-19H2,1H3,(H,30,33)/t25-/m0/s1. The van der Waals surface area contributed by atoms with E-state index in [1.165, 1.54) is 11.8 Å². The number of hydrogen-bond donors (Lipinski definition) is 1. The van der Waals surface area contributed by atoms with Crippen LogP contribution in [0.1, 0.15) is 23.6 Å². The van der Waals surface area contributed by atoms with Crippen molar-refractivity contribution in [3.05, 3.63) is 105 Å². The van der Waals surface area contributed by atoms with Crippen molar-refractivity contribution in [2.45, 2.75) is 31.7 Å². The monoisotopic (exact) mass is 558 g/mol. The molecule has 0 bridgehead atoms. The molecule has 2 amide bonds. The molecule has 3 aromatic carbocycles. The second kappa shape index (κ2) is 13.6. The molecule has 3 aromatic rings. The number of rotatable bonds is 11. The van der Waals surface area contributed by atoms with Crippen LogP contribution >= 0.6 is 39.3 Å². The van der Waals surface area contributed by atoms with Crippen molar-refractivity contribution >= 4 is 51.1 Å². The smallest absolute Gasteiger partial charge is 0.243 e. The molecule has 178 valence electrons. The first-order valence-electron chi connectivity index (χ1n) is 11.1. The van der Waals surface area contributed by atoms with Gasteiger partial charge in [-0.05, 0) is 41.8 Å². The van der Waals surface area contributed by atoms with Crippen LogP contribution in [0, 0.1) is 0 Å². The van der Waals surface area contributed by atoms with Gasteiger partial charge in [0.15, 0.2) is 0 Å². The molecule has 0 spiro atoms. The highest BCUT2D eigenvalue weighted by Gasteiger charge is 2.30. The lowest BCUT2D eigenvalue weighted by Crippen LogP contribution is -2.51. The summed E-state index contributed by atoms with van der Waals surface area (Å²) in [6.07, 6.45) is 0.446. The fourth-order valence-electron chi connectivity index (χ4n) is 3.62. The summed E-state index contributed by atoms with van der Waals surface area (Å²) < 4.78 is 0.933. The van der Waals surface area contributed by atoms with Crippen molar-refractivity contribution in [1.29, 1.82) is 0 Å². The second-order valence-corrected chi connectivity index (χ2v) is 10.1. The van der Waals surface area contributed by atoms with Crippen LogP contribution < -0.4 is 5.32 Å². The van der Waals surface area contributed by atoms with Gasteiger partial charge >= 0.3 is 0 Å². The molecule has 3 rings (SSSR count). The van der Waals surface area contributed by atoms with Gasteiger partial charge in [-0.3, -0.25) is 9.59 Å². The topological polar surface area (TPSA) is 49.4 Å². The lowest BCUT2D eigenvalue weighted by molar-refractivity contribution is -0.139. The van der Waals surface area contributed by atoms with Gasteiger partial charge in [-0.1, -0.05) is 88.2 Å². The van der Waals surface area contributed by atoms with E-state index in [-0.39, 0.29) is 17.6 Å². The summed E-state index contributed by atoms with van der Waals surface area (Å²) >= 11 is 11.3. The Morgan fingerprint density at radius 3 is 2.41 bits per heavy atom. The van der Waals surface area contributed by atoms with E-state index in [4.69, 9.17) is 11.6 Å². The van der Waals surface area contributed by atoms with Crippen LogP contribution in [0.4, 0.5) is 0 Å². The average Bonchev–Trinajstić information content (AvgIpc) is 2.83. The third-order valence-corrected chi connectivity index (χ3v) is 7.13. The molecule has 7 heteroatoms. The fraction of sp³-hybridized carbons (Fsp3) is 0.259. The number of thioether (sulfide) groups is 1.